The van der Waals surface area contributed by atoms with Crippen molar-refractivity contribution in [3.63, 3.8) is 0 Å². The summed E-state index contributed by atoms with van der Waals surface area (Å²) < 4.78 is 29.6. The molecule has 1 atom stereocenters. The third-order valence-corrected chi connectivity index (χ3v) is 1.94. The number of rotatable bonds is 1. The van der Waals surface area contributed by atoms with Crippen molar-refractivity contribution in [2.75, 3.05) is 0 Å². The summed E-state index contributed by atoms with van der Waals surface area (Å²) in [6, 6.07) is -0.986. The summed E-state index contributed by atoms with van der Waals surface area (Å²) in [5.74, 6) is -0.913. The largest absolute Gasteiger partial charge is 0.328 e. The zero-order valence-corrected chi connectivity index (χ0v) is 5.69. The van der Waals surface area contributed by atoms with Gasteiger partial charge in [0.15, 0.2) is 0 Å². The second-order valence-electron chi connectivity index (χ2n) is 2.70. The Morgan fingerprint density at radius 1 is 1.56 bits per heavy atom. The molecule has 0 aromatic rings. The molecule has 0 aromatic carbocycles. The van der Waals surface area contributed by atoms with Crippen molar-refractivity contribution in [2.45, 2.75) is 45.0 Å². The molecule has 1 aliphatic carbocycles. The summed E-state index contributed by atoms with van der Waals surface area (Å²) in [5, 5.41) is 0. The van der Waals surface area contributed by atoms with Crippen LogP contribution in [-0.2, 0) is 0 Å². The number of hydrogen-bond donors (Lipinski definition) is 1. The van der Waals surface area contributed by atoms with Gasteiger partial charge in [-0.2, -0.15) is 0 Å². The Kier molecular flexibility index (Phi) is 1.21. The zero-order chi connectivity index (χ0) is 10.1. The highest BCUT2D eigenvalue weighted by atomic mass is 14.6. The molecule has 0 spiro atoms. The SMILES string of the molecule is [2H]C([2H])([2H])C(N)C1([2H])CCCCC1. The summed E-state index contributed by atoms with van der Waals surface area (Å²) in [7, 11) is 0. The first-order valence-corrected chi connectivity index (χ1v) is 3.62. The van der Waals surface area contributed by atoms with Crippen molar-refractivity contribution in [3.05, 3.63) is 0 Å². The first-order valence-electron chi connectivity index (χ1n) is 5.62. The molecule has 1 fully saturated rings. The molecule has 2 N–H and O–H groups in total. The molecule has 1 heteroatoms. The van der Waals surface area contributed by atoms with Crippen molar-refractivity contribution in [2.24, 2.45) is 11.6 Å². The smallest absolute Gasteiger partial charge is 0.0318 e. The molecule has 1 aliphatic rings. The van der Waals surface area contributed by atoms with Crippen LogP contribution in [0.15, 0.2) is 0 Å². The summed E-state index contributed by atoms with van der Waals surface area (Å²) in [6.07, 6.45) is 4.24. The highest BCUT2D eigenvalue weighted by Crippen LogP contribution is 2.25. The molecule has 9 heavy (non-hydrogen) atoms. The molecule has 1 saturated carbocycles. The lowest BCUT2D eigenvalue weighted by Gasteiger charge is -2.24. The third-order valence-electron chi connectivity index (χ3n) is 1.94. The second-order valence-corrected chi connectivity index (χ2v) is 2.70. The van der Waals surface area contributed by atoms with Crippen molar-refractivity contribution in [1.82, 2.24) is 0 Å². The molecule has 1 rings (SSSR count). The molecule has 0 aliphatic heterocycles. The maximum atomic E-state index is 8.00. The van der Waals surface area contributed by atoms with Gasteiger partial charge in [-0.25, -0.2) is 0 Å². The lowest BCUT2D eigenvalue weighted by molar-refractivity contribution is 0.316. The van der Waals surface area contributed by atoms with Crippen LogP contribution in [-0.4, -0.2) is 6.04 Å². The minimum atomic E-state index is -2.18. The van der Waals surface area contributed by atoms with Gasteiger partial charge < -0.3 is 5.73 Å². The van der Waals surface area contributed by atoms with Crippen LogP contribution in [0.3, 0.4) is 0 Å². The van der Waals surface area contributed by atoms with Gasteiger partial charge in [-0.15, -0.1) is 0 Å². The summed E-state index contributed by atoms with van der Waals surface area (Å²) in [4.78, 5) is 0. The second kappa shape index (κ2) is 3.21. The first-order chi connectivity index (χ1) is 5.86. The topological polar surface area (TPSA) is 26.0 Å². The van der Waals surface area contributed by atoms with E-state index in [1.165, 1.54) is 0 Å². The molecular formula is C8H17N. The van der Waals surface area contributed by atoms with Gasteiger partial charge in [0.1, 0.15) is 0 Å². The fraction of sp³-hybridized carbons (Fsp3) is 1.00. The molecule has 1 unspecified atom stereocenters. The van der Waals surface area contributed by atoms with E-state index in [1.54, 1.807) is 0 Å². The maximum absolute atomic E-state index is 8.00. The molecule has 0 aromatic heterocycles. The molecule has 0 saturated heterocycles. The van der Waals surface area contributed by atoms with E-state index < -0.39 is 18.8 Å². The molecule has 0 amide bonds. The Bertz CT molecular complexity index is 171. The highest BCUT2D eigenvalue weighted by molar-refractivity contribution is 4.72. The molecule has 54 valence electrons. The van der Waals surface area contributed by atoms with Gasteiger partial charge in [-0.3, -0.25) is 0 Å². The van der Waals surface area contributed by atoms with E-state index in [9.17, 15) is 0 Å². The van der Waals surface area contributed by atoms with Gasteiger partial charge in [0.25, 0.3) is 0 Å². The van der Waals surface area contributed by atoms with E-state index in [4.69, 9.17) is 11.2 Å². The fourth-order valence-electron chi connectivity index (χ4n) is 1.32. The highest BCUT2D eigenvalue weighted by Gasteiger charge is 2.16. The monoisotopic (exact) mass is 131 g/mol. The molecule has 0 heterocycles. The first kappa shape index (κ1) is 3.38. The minimum Gasteiger partial charge on any atom is -0.328 e. The number of hydrogen-bond acceptors (Lipinski definition) is 1. The lowest BCUT2D eigenvalue weighted by atomic mass is 9.85. The normalized spacial score (nSPS) is 37.4. The van der Waals surface area contributed by atoms with Gasteiger partial charge in [-0.1, -0.05) is 19.3 Å². The third kappa shape index (κ3) is 1.98. The van der Waals surface area contributed by atoms with Gasteiger partial charge in [0.2, 0.25) is 0 Å². The van der Waals surface area contributed by atoms with Crippen molar-refractivity contribution in [3.8, 4) is 0 Å². The minimum absolute atomic E-state index is 0.632. The van der Waals surface area contributed by atoms with Crippen LogP contribution in [0.1, 0.15) is 44.4 Å². The van der Waals surface area contributed by atoms with E-state index in [2.05, 4.69) is 0 Å². The molecule has 1 nitrogen and oxygen atoms in total. The van der Waals surface area contributed by atoms with Crippen LogP contribution in [0.5, 0.6) is 0 Å². The fourth-order valence-corrected chi connectivity index (χ4v) is 1.32. The van der Waals surface area contributed by atoms with E-state index in [0.717, 1.165) is 19.3 Å². The van der Waals surface area contributed by atoms with Crippen LogP contribution < -0.4 is 5.73 Å². The summed E-state index contributed by atoms with van der Waals surface area (Å²) >= 11 is 0. The maximum Gasteiger partial charge on any atom is 0.0318 e. The Morgan fingerprint density at radius 2 is 2.22 bits per heavy atom. The Hall–Kier alpha value is -0.0400. The lowest BCUT2D eigenvalue weighted by Crippen LogP contribution is -2.27. The van der Waals surface area contributed by atoms with Crippen LogP contribution in [0.4, 0.5) is 0 Å². The van der Waals surface area contributed by atoms with Gasteiger partial charge >= 0.3 is 0 Å². The Balaban J connectivity index is 2.67. The number of nitrogens with two attached hydrogens (primary N) is 1. The van der Waals surface area contributed by atoms with Crippen LogP contribution in [0.25, 0.3) is 0 Å². The van der Waals surface area contributed by atoms with E-state index >= 15 is 0 Å². The predicted molar refractivity (Wildman–Crippen MR) is 40.2 cm³/mol. The van der Waals surface area contributed by atoms with E-state index in [-0.39, 0.29) is 0 Å². The predicted octanol–water partition coefficient (Wildman–Crippen LogP) is 1.91. The van der Waals surface area contributed by atoms with Gasteiger partial charge in [0, 0.05) is 11.5 Å². The average Bonchev–Trinajstić information content (AvgIpc) is 2.03. The Morgan fingerprint density at radius 3 is 2.78 bits per heavy atom. The van der Waals surface area contributed by atoms with Gasteiger partial charge in [0.05, 0.1) is 0 Å². The molecular weight excluding hydrogens is 110 g/mol. The van der Waals surface area contributed by atoms with Crippen LogP contribution >= 0.6 is 0 Å². The molecule has 0 radical (unpaired) electrons. The summed E-state index contributed by atoms with van der Waals surface area (Å²) in [6.45, 7) is -2.18. The van der Waals surface area contributed by atoms with Gasteiger partial charge in [-0.05, 0) is 25.6 Å². The quantitative estimate of drug-likeness (QED) is 0.578. The van der Waals surface area contributed by atoms with E-state index in [0.29, 0.717) is 12.8 Å². The van der Waals surface area contributed by atoms with Crippen molar-refractivity contribution in [1.29, 1.82) is 0 Å². The zero-order valence-electron chi connectivity index (χ0n) is 9.69. The van der Waals surface area contributed by atoms with Crippen molar-refractivity contribution < 1.29 is 5.48 Å². The van der Waals surface area contributed by atoms with Crippen LogP contribution in [0, 0.1) is 5.89 Å². The Labute approximate surface area is 63.2 Å². The summed E-state index contributed by atoms with van der Waals surface area (Å²) in [5.41, 5.74) is 5.61. The van der Waals surface area contributed by atoms with Crippen LogP contribution in [0.2, 0.25) is 0 Å². The average molecular weight is 131 g/mol. The van der Waals surface area contributed by atoms with Crippen molar-refractivity contribution >= 4 is 0 Å². The standard InChI is InChI=1S/C8H17N/c1-7(9)8-5-3-2-4-6-8/h7-8H,2-6,9H2,1H3/i1D3,8D. The van der Waals surface area contributed by atoms with E-state index in [1.807, 2.05) is 0 Å². The molecule has 0 bridgehead atoms.